The number of urea groups is 5. The van der Waals surface area contributed by atoms with Crippen LogP contribution in [-0.4, -0.2) is 232 Å². The van der Waals surface area contributed by atoms with Crippen molar-refractivity contribution in [3.63, 3.8) is 0 Å². The molecule has 5 aliphatic heterocycles. The topological polar surface area (TPSA) is 286 Å². The number of β-amino-alcohol motifs (C(OH)–C–C–N with tert-alkyl or cyclic N) is 3. The maximum atomic E-state index is 11.3. The lowest BCUT2D eigenvalue weighted by Gasteiger charge is -2.16. The summed E-state index contributed by atoms with van der Waals surface area (Å²) in [6.07, 6.45) is -4.53. The van der Waals surface area contributed by atoms with Crippen molar-refractivity contribution >= 4 is 30.2 Å². The third-order valence-electron chi connectivity index (χ3n) is 7.18. The van der Waals surface area contributed by atoms with Crippen LogP contribution in [-0.2, 0) is 0 Å². The second kappa shape index (κ2) is 20.3. The van der Waals surface area contributed by atoms with E-state index in [0.29, 0.717) is 39.3 Å². The molecule has 5 heterocycles. The van der Waals surface area contributed by atoms with Gasteiger partial charge in [0.05, 0.1) is 19.8 Å². The predicted molar refractivity (Wildman–Crippen MR) is 162 cm³/mol. The quantitative estimate of drug-likeness (QED) is 0.125. The fourth-order valence-electron chi connectivity index (χ4n) is 4.26. The Morgan fingerprint density at radius 1 is 0.574 bits per heavy atom. The van der Waals surface area contributed by atoms with Gasteiger partial charge in [-0.3, -0.25) is 9.80 Å². The van der Waals surface area contributed by atoms with Gasteiger partial charge in [-0.15, -0.1) is 0 Å². The second-order valence-electron chi connectivity index (χ2n) is 10.6. The molecule has 5 fully saturated rings. The Bertz CT molecular complexity index is 973. The van der Waals surface area contributed by atoms with Crippen LogP contribution in [0.5, 0.6) is 0 Å². The lowest BCUT2D eigenvalue weighted by Crippen LogP contribution is -2.34. The van der Waals surface area contributed by atoms with Gasteiger partial charge in [0, 0.05) is 87.1 Å². The number of amides is 10. The molecule has 0 aromatic heterocycles. The van der Waals surface area contributed by atoms with Gasteiger partial charge in [-0.1, -0.05) is 0 Å². The first-order chi connectivity index (χ1) is 22.1. The van der Waals surface area contributed by atoms with E-state index < -0.39 is 30.9 Å². The fourth-order valence-corrected chi connectivity index (χ4v) is 4.26. The number of carbonyl (C=O) groups excluding carboxylic acids is 5. The SMILES string of the molecule is CN1C(=O)N(C)C(O)C1O.CN1CCN(C)C1=O.O=C1N(CCO)CCN1CCO.O=C1NC(O)C(O)N1.O=C1NCCN1CCO. The van der Waals surface area contributed by atoms with Gasteiger partial charge in [-0.25, -0.2) is 24.0 Å². The lowest BCUT2D eigenvalue weighted by molar-refractivity contribution is -0.0550. The van der Waals surface area contributed by atoms with E-state index in [-0.39, 0.29) is 43.9 Å². The first-order valence-corrected chi connectivity index (χ1v) is 14.7. The highest BCUT2D eigenvalue weighted by atomic mass is 16.4. The molecule has 0 bridgehead atoms. The standard InChI is InChI=1S/C7H14N2O3.C5H10N2O3.C5H10N2O2.C5H10N2O.C3H6N2O3/c10-5-3-8-1-2-9(4-6-11)7(8)12;1-6-3(8)4(9)7(2)5(6)10;8-4-3-7-2-1-6-5(7)9;1-6-3-4-7(2)5(6)8;6-1-2(7)5-3(8)4-1/h10-11H,1-6H2;3-4,8-9H,1-2H3;8H,1-4H2,(H,6,9);3-4H2,1-2H3;1-2,6-7H,(H2,4,5,8). The average Bonchev–Trinajstić information content (AvgIpc) is 3.80. The Balaban J connectivity index is 0.000000296. The lowest BCUT2D eigenvalue weighted by atomic mass is 10.5. The van der Waals surface area contributed by atoms with Gasteiger partial charge in [0.2, 0.25) is 0 Å². The summed E-state index contributed by atoms with van der Waals surface area (Å²) in [7, 11) is 6.48. The van der Waals surface area contributed by atoms with E-state index in [4.69, 9.17) is 35.7 Å². The predicted octanol–water partition coefficient (Wildman–Crippen LogP) is -5.75. The van der Waals surface area contributed by atoms with Crippen LogP contribution < -0.4 is 16.0 Å². The van der Waals surface area contributed by atoms with Crippen molar-refractivity contribution < 1.29 is 59.7 Å². The third-order valence-corrected chi connectivity index (χ3v) is 7.18. The second-order valence-corrected chi connectivity index (χ2v) is 10.6. The summed E-state index contributed by atoms with van der Waals surface area (Å²) in [6.45, 7) is 5.75. The largest absolute Gasteiger partial charge is 0.395 e. The number of carbonyl (C=O) groups is 5. The Hall–Kier alpha value is -3.93. The summed E-state index contributed by atoms with van der Waals surface area (Å²) in [5.41, 5.74) is 0. The molecule has 0 saturated carbocycles. The van der Waals surface area contributed by atoms with Gasteiger partial charge in [0.15, 0.2) is 24.9 Å². The number of hydrogen-bond acceptors (Lipinski definition) is 12. The molecule has 10 amide bonds. The molecular formula is C25H50N10O12. The molecule has 4 atom stereocenters. The number of aliphatic hydroxyl groups excluding tert-OH is 7. The van der Waals surface area contributed by atoms with Crippen molar-refractivity contribution in [1.29, 1.82) is 0 Å². The zero-order chi connectivity index (χ0) is 35.8. The molecule has 4 unspecified atom stereocenters. The highest BCUT2D eigenvalue weighted by Crippen LogP contribution is 2.14. The van der Waals surface area contributed by atoms with Crippen LogP contribution >= 0.6 is 0 Å². The molecule has 47 heavy (non-hydrogen) atoms. The Morgan fingerprint density at radius 3 is 1.21 bits per heavy atom. The van der Waals surface area contributed by atoms with E-state index in [9.17, 15) is 24.0 Å². The van der Waals surface area contributed by atoms with Gasteiger partial charge in [-0.2, -0.15) is 0 Å². The Kier molecular flexibility index (Phi) is 17.8. The maximum Gasteiger partial charge on any atom is 0.323 e. The summed E-state index contributed by atoms with van der Waals surface area (Å²) in [6, 6.07) is -0.947. The molecule has 22 heteroatoms. The molecule has 5 saturated heterocycles. The van der Waals surface area contributed by atoms with Crippen molar-refractivity contribution in [3.05, 3.63) is 0 Å². The number of aliphatic hydroxyl groups is 7. The van der Waals surface area contributed by atoms with Gasteiger partial charge >= 0.3 is 30.2 Å². The van der Waals surface area contributed by atoms with Crippen molar-refractivity contribution in [2.24, 2.45) is 0 Å². The van der Waals surface area contributed by atoms with Gasteiger partial charge in [0.25, 0.3) is 0 Å². The number of hydrogen-bond donors (Lipinski definition) is 10. The van der Waals surface area contributed by atoms with Gasteiger partial charge in [-0.05, 0) is 0 Å². The smallest absolute Gasteiger partial charge is 0.323 e. The zero-order valence-electron chi connectivity index (χ0n) is 27.1. The van der Waals surface area contributed by atoms with Crippen molar-refractivity contribution in [1.82, 2.24) is 50.2 Å². The summed E-state index contributed by atoms with van der Waals surface area (Å²) in [5, 5.41) is 67.4. The summed E-state index contributed by atoms with van der Waals surface area (Å²) in [5.74, 6) is 0. The molecule has 22 nitrogen and oxygen atoms in total. The molecule has 5 aliphatic rings. The van der Waals surface area contributed by atoms with Crippen LogP contribution in [0.4, 0.5) is 24.0 Å². The van der Waals surface area contributed by atoms with Gasteiger partial charge in [0.1, 0.15) is 0 Å². The van der Waals surface area contributed by atoms with Gasteiger partial charge < -0.3 is 76.2 Å². The van der Waals surface area contributed by atoms with E-state index in [1.807, 2.05) is 24.7 Å². The van der Waals surface area contributed by atoms with E-state index in [1.165, 1.54) is 14.1 Å². The van der Waals surface area contributed by atoms with E-state index in [1.54, 1.807) is 24.5 Å². The van der Waals surface area contributed by atoms with Crippen molar-refractivity contribution in [2.75, 3.05) is 107 Å². The minimum Gasteiger partial charge on any atom is -0.395 e. The summed E-state index contributed by atoms with van der Waals surface area (Å²) in [4.78, 5) is 64.0. The molecule has 5 rings (SSSR count). The zero-order valence-corrected chi connectivity index (χ0v) is 27.1. The average molecular weight is 683 g/mol. The van der Waals surface area contributed by atoms with E-state index >= 15 is 0 Å². The summed E-state index contributed by atoms with van der Waals surface area (Å²) >= 11 is 0. The van der Waals surface area contributed by atoms with Crippen LogP contribution in [0.1, 0.15) is 0 Å². The minimum absolute atomic E-state index is 0.00128. The number of nitrogens with one attached hydrogen (secondary N) is 3. The van der Waals surface area contributed by atoms with Crippen molar-refractivity contribution in [3.8, 4) is 0 Å². The highest BCUT2D eigenvalue weighted by molar-refractivity contribution is 5.78. The first kappa shape index (κ1) is 41.1. The highest BCUT2D eigenvalue weighted by Gasteiger charge is 2.39. The van der Waals surface area contributed by atoms with Crippen LogP contribution in [0, 0.1) is 0 Å². The number of nitrogens with zero attached hydrogens (tertiary/aromatic N) is 7. The number of rotatable bonds is 6. The molecule has 0 radical (unpaired) electrons. The van der Waals surface area contributed by atoms with Crippen LogP contribution in [0.2, 0.25) is 0 Å². The first-order valence-electron chi connectivity index (χ1n) is 14.7. The normalized spacial score (nSPS) is 24.9. The molecule has 0 spiro atoms. The van der Waals surface area contributed by atoms with Crippen LogP contribution in [0.3, 0.4) is 0 Å². The minimum atomic E-state index is -1.16. The Morgan fingerprint density at radius 2 is 0.979 bits per heavy atom. The number of likely N-dealkylation sites (N-methyl/N-ethyl adjacent to an activating group) is 4. The molecule has 0 aliphatic carbocycles. The third kappa shape index (κ3) is 12.7. The fraction of sp³-hybridized carbons (Fsp3) is 0.800. The maximum absolute atomic E-state index is 11.3. The molecule has 10 N–H and O–H groups in total. The van der Waals surface area contributed by atoms with Crippen LogP contribution in [0.25, 0.3) is 0 Å². The molecular weight excluding hydrogens is 632 g/mol. The summed E-state index contributed by atoms with van der Waals surface area (Å²) < 4.78 is 0. The monoisotopic (exact) mass is 682 g/mol. The Labute approximate surface area is 272 Å². The molecule has 0 aromatic rings. The van der Waals surface area contributed by atoms with E-state index in [2.05, 4.69) is 5.32 Å². The van der Waals surface area contributed by atoms with Crippen molar-refractivity contribution in [2.45, 2.75) is 24.9 Å². The molecule has 272 valence electrons. The van der Waals surface area contributed by atoms with Crippen LogP contribution in [0.15, 0.2) is 0 Å². The van der Waals surface area contributed by atoms with E-state index in [0.717, 1.165) is 29.4 Å². The molecule has 0 aromatic carbocycles.